The molecule has 5 aromatic heterocycles. The van der Waals surface area contributed by atoms with Crippen LogP contribution in [0.15, 0.2) is 162 Å². The van der Waals surface area contributed by atoms with Gasteiger partial charge in [-0.25, -0.2) is 4.98 Å². The van der Waals surface area contributed by atoms with Crippen LogP contribution in [-0.2, 0) is 0 Å². The normalized spacial score (nSPS) is 11.7. The van der Waals surface area contributed by atoms with Gasteiger partial charge in [0, 0.05) is 50.8 Å². The van der Waals surface area contributed by atoms with Crippen LogP contribution in [0.1, 0.15) is 0 Å². The summed E-state index contributed by atoms with van der Waals surface area (Å²) in [4.78, 5) is 9.38. The van der Waals surface area contributed by atoms with E-state index in [1.54, 1.807) is 6.20 Å². The smallest absolute Gasteiger partial charge is 0.250 e. The summed E-state index contributed by atoms with van der Waals surface area (Å²) in [6, 6.07) is 49.9. The highest BCUT2D eigenvalue weighted by atomic mass is 16.4. The molecule has 5 heterocycles. The first-order chi connectivity index (χ1) is 24.3. The van der Waals surface area contributed by atoms with Crippen molar-refractivity contribution in [3.05, 3.63) is 158 Å². The van der Waals surface area contributed by atoms with E-state index in [-0.39, 0.29) is 0 Å². The average Bonchev–Trinajstić information content (AvgIpc) is 3.89. The second-order valence-electron chi connectivity index (χ2n) is 12.0. The number of hydrogen-bond donors (Lipinski definition) is 0. The second kappa shape index (κ2) is 10.9. The molecule has 10 rings (SSSR count). The first-order valence-electron chi connectivity index (χ1n) is 16.1. The standard InChI is InChI=1S/C42H26N6O/c1-2-12-29(13-3-1)47-36-19-6-5-15-31(36)33-16-8-17-34(40(33)47)42-46-45-41(49-42)27-22-23-32-30-14-4-7-20-37(30)48(38(32)25-27)39-21-9-18-35(44-39)28-11-10-24-43-26-28/h1-26H. The molecular formula is C42H26N6O. The lowest BCUT2D eigenvalue weighted by atomic mass is 10.1. The summed E-state index contributed by atoms with van der Waals surface area (Å²) in [6.07, 6.45) is 3.61. The van der Waals surface area contributed by atoms with E-state index in [1.165, 1.54) is 5.39 Å². The predicted molar refractivity (Wildman–Crippen MR) is 195 cm³/mol. The number of rotatable bonds is 5. The molecule has 0 aliphatic rings. The van der Waals surface area contributed by atoms with E-state index in [2.05, 4.69) is 134 Å². The van der Waals surface area contributed by atoms with E-state index in [4.69, 9.17) is 9.40 Å². The van der Waals surface area contributed by atoms with Crippen molar-refractivity contribution in [3.63, 3.8) is 0 Å². The molecular weight excluding hydrogens is 605 g/mol. The Morgan fingerprint density at radius 3 is 2.04 bits per heavy atom. The molecule has 0 bridgehead atoms. The topological polar surface area (TPSA) is 74.6 Å². The fourth-order valence-electron chi connectivity index (χ4n) is 7.06. The third kappa shape index (κ3) is 4.29. The van der Waals surface area contributed by atoms with Crippen molar-refractivity contribution in [1.29, 1.82) is 0 Å². The quantitative estimate of drug-likeness (QED) is 0.189. The summed E-state index contributed by atoms with van der Waals surface area (Å²) in [7, 11) is 0. The van der Waals surface area contributed by atoms with Crippen molar-refractivity contribution in [1.82, 2.24) is 29.3 Å². The predicted octanol–water partition coefficient (Wildman–Crippen LogP) is 10.1. The van der Waals surface area contributed by atoms with Gasteiger partial charge in [-0.05, 0) is 66.7 Å². The molecule has 0 N–H and O–H groups in total. The Hall–Kier alpha value is -6.86. The Labute approximate surface area is 280 Å². The maximum absolute atomic E-state index is 6.53. The molecule has 0 aliphatic carbocycles. The fraction of sp³-hybridized carbons (Fsp3) is 0. The zero-order valence-electron chi connectivity index (χ0n) is 26.1. The summed E-state index contributed by atoms with van der Waals surface area (Å²) in [5.41, 5.74) is 8.81. The Morgan fingerprint density at radius 1 is 0.490 bits per heavy atom. The summed E-state index contributed by atoms with van der Waals surface area (Å²) < 4.78 is 11.0. The highest BCUT2D eigenvalue weighted by Crippen LogP contribution is 2.39. The Kier molecular flexibility index (Phi) is 6.04. The summed E-state index contributed by atoms with van der Waals surface area (Å²) >= 11 is 0. The molecule has 10 aromatic rings. The third-order valence-corrected chi connectivity index (χ3v) is 9.21. The van der Waals surface area contributed by atoms with Gasteiger partial charge in [0.1, 0.15) is 5.82 Å². The number of pyridine rings is 2. The van der Waals surface area contributed by atoms with Crippen LogP contribution in [-0.4, -0.2) is 29.3 Å². The molecule has 7 nitrogen and oxygen atoms in total. The van der Waals surface area contributed by atoms with Gasteiger partial charge in [0.25, 0.3) is 0 Å². The Balaban J connectivity index is 1.14. The van der Waals surface area contributed by atoms with E-state index in [1.807, 2.05) is 42.6 Å². The number of para-hydroxylation sites is 4. The molecule has 0 atom stereocenters. The molecule has 0 unspecified atom stereocenters. The zero-order chi connectivity index (χ0) is 32.3. The van der Waals surface area contributed by atoms with Gasteiger partial charge >= 0.3 is 0 Å². The monoisotopic (exact) mass is 630 g/mol. The van der Waals surface area contributed by atoms with Crippen molar-refractivity contribution >= 4 is 43.6 Å². The van der Waals surface area contributed by atoms with Crippen LogP contribution >= 0.6 is 0 Å². The van der Waals surface area contributed by atoms with Crippen molar-refractivity contribution in [2.75, 3.05) is 0 Å². The third-order valence-electron chi connectivity index (χ3n) is 9.21. The molecule has 0 fully saturated rings. The van der Waals surface area contributed by atoms with Gasteiger partial charge in [-0.2, -0.15) is 0 Å². The Bertz CT molecular complexity index is 2830. The minimum Gasteiger partial charge on any atom is -0.416 e. The lowest BCUT2D eigenvalue weighted by Crippen LogP contribution is -1.98. The van der Waals surface area contributed by atoms with Crippen LogP contribution in [0.4, 0.5) is 0 Å². The average molecular weight is 631 g/mol. The maximum atomic E-state index is 6.53. The van der Waals surface area contributed by atoms with E-state index < -0.39 is 0 Å². The molecule has 0 saturated carbocycles. The second-order valence-corrected chi connectivity index (χ2v) is 12.0. The van der Waals surface area contributed by atoms with Gasteiger partial charge in [-0.3, -0.25) is 9.55 Å². The molecule has 0 radical (unpaired) electrons. The lowest BCUT2D eigenvalue weighted by Gasteiger charge is -2.09. The molecule has 0 spiro atoms. The van der Waals surface area contributed by atoms with E-state index in [0.717, 1.165) is 72.1 Å². The van der Waals surface area contributed by atoms with Gasteiger partial charge < -0.3 is 8.98 Å². The van der Waals surface area contributed by atoms with Gasteiger partial charge in [0.05, 0.1) is 33.3 Å². The first-order valence-corrected chi connectivity index (χ1v) is 16.1. The van der Waals surface area contributed by atoms with E-state index in [9.17, 15) is 0 Å². The minimum absolute atomic E-state index is 0.449. The minimum atomic E-state index is 0.449. The maximum Gasteiger partial charge on any atom is 0.250 e. The number of nitrogens with zero attached hydrogens (tertiary/aromatic N) is 6. The van der Waals surface area contributed by atoms with Crippen molar-refractivity contribution in [3.8, 4) is 45.7 Å². The van der Waals surface area contributed by atoms with Crippen LogP contribution in [0, 0.1) is 0 Å². The molecule has 49 heavy (non-hydrogen) atoms. The fourth-order valence-corrected chi connectivity index (χ4v) is 7.06. The summed E-state index contributed by atoms with van der Waals surface area (Å²) in [6.45, 7) is 0. The Morgan fingerprint density at radius 2 is 1.20 bits per heavy atom. The largest absolute Gasteiger partial charge is 0.416 e. The molecule has 0 saturated heterocycles. The van der Waals surface area contributed by atoms with E-state index in [0.29, 0.717) is 11.8 Å². The van der Waals surface area contributed by atoms with Crippen LogP contribution in [0.3, 0.4) is 0 Å². The van der Waals surface area contributed by atoms with Crippen LogP contribution in [0.2, 0.25) is 0 Å². The van der Waals surface area contributed by atoms with Gasteiger partial charge in [-0.15, -0.1) is 10.2 Å². The number of hydrogen-bond acceptors (Lipinski definition) is 5. The van der Waals surface area contributed by atoms with Crippen LogP contribution in [0.5, 0.6) is 0 Å². The molecule has 0 amide bonds. The lowest BCUT2D eigenvalue weighted by molar-refractivity contribution is 0.585. The van der Waals surface area contributed by atoms with Gasteiger partial charge in [0.15, 0.2) is 0 Å². The molecule has 5 aromatic carbocycles. The van der Waals surface area contributed by atoms with Crippen molar-refractivity contribution in [2.24, 2.45) is 0 Å². The zero-order valence-corrected chi connectivity index (χ0v) is 26.1. The SMILES string of the molecule is c1ccc(-n2c3ccccc3c3cccc(-c4nnc(-c5ccc6c7ccccc7n(-c7cccc(-c8cccnc8)n7)c6c5)o4)c32)cc1. The van der Waals surface area contributed by atoms with Crippen LogP contribution in [0.25, 0.3) is 89.3 Å². The number of benzene rings is 5. The van der Waals surface area contributed by atoms with Gasteiger partial charge in [0.2, 0.25) is 11.8 Å². The van der Waals surface area contributed by atoms with E-state index >= 15 is 0 Å². The van der Waals surface area contributed by atoms with Crippen molar-refractivity contribution < 1.29 is 4.42 Å². The highest BCUT2D eigenvalue weighted by Gasteiger charge is 2.21. The molecule has 0 aliphatic heterocycles. The molecule has 7 heteroatoms. The van der Waals surface area contributed by atoms with Gasteiger partial charge in [-0.1, -0.05) is 78.9 Å². The van der Waals surface area contributed by atoms with Crippen molar-refractivity contribution in [2.45, 2.75) is 0 Å². The van der Waals surface area contributed by atoms with Crippen LogP contribution < -0.4 is 0 Å². The highest BCUT2D eigenvalue weighted by molar-refractivity contribution is 6.13. The number of aromatic nitrogens is 6. The first kappa shape index (κ1) is 27.3. The summed E-state index contributed by atoms with van der Waals surface area (Å²) in [5, 5.41) is 13.8. The summed E-state index contributed by atoms with van der Waals surface area (Å²) in [5.74, 6) is 1.73. The number of fused-ring (bicyclic) bond motifs is 6. The molecule has 230 valence electrons.